The highest BCUT2D eigenvalue weighted by molar-refractivity contribution is 5.91. The number of halogens is 1. The summed E-state index contributed by atoms with van der Waals surface area (Å²) in [5, 5.41) is 2.64. The molecule has 1 aromatic carbocycles. The van der Waals surface area contributed by atoms with Gasteiger partial charge in [-0.15, -0.1) is 0 Å². The molecule has 0 saturated heterocycles. The minimum absolute atomic E-state index is 0.212. The number of furan rings is 1. The molecule has 1 heterocycles. The van der Waals surface area contributed by atoms with Gasteiger partial charge >= 0.3 is 0 Å². The minimum atomic E-state index is -0.438. The van der Waals surface area contributed by atoms with Gasteiger partial charge in [0.1, 0.15) is 0 Å². The first-order chi connectivity index (χ1) is 9.20. The molecule has 4 nitrogen and oxygen atoms in total. The number of carbonyl (C=O) groups excluding carboxylic acids is 1. The van der Waals surface area contributed by atoms with E-state index in [4.69, 9.17) is 9.15 Å². The summed E-state index contributed by atoms with van der Waals surface area (Å²) in [6.45, 7) is 2.42. The Morgan fingerprint density at radius 3 is 2.89 bits per heavy atom. The van der Waals surface area contributed by atoms with Crippen molar-refractivity contribution in [2.45, 2.75) is 13.5 Å². The van der Waals surface area contributed by atoms with Crippen molar-refractivity contribution in [2.24, 2.45) is 0 Å². The van der Waals surface area contributed by atoms with Crippen LogP contribution in [0.4, 0.5) is 4.39 Å². The molecule has 0 unspecified atom stereocenters. The van der Waals surface area contributed by atoms with Crippen LogP contribution in [0.25, 0.3) is 0 Å². The Hall–Kier alpha value is -2.30. The van der Waals surface area contributed by atoms with Crippen LogP contribution >= 0.6 is 0 Å². The number of amides is 1. The predicted molar refractivity (Wildman–Crippen MR) is 67.4 cm³/mol. The van der Waals surface area contributed by atoms with Gasteiger partial charge in [0.15, 0.2) is 17.3 Å². The number of hydrogen-bond acceptors (Lipinski definition) is 3. The fraction of sp³-hybridized carbons (Fsp3) is 0.214. The van der Waals surface area contributed by atoms with Crippen molar-refractivity contribution in [1.82, 2.24) is 5.32 Å². The van der Waals surface area contributed by atoms with Crippen LogP contribution in [0.15, 0.2) is 41.0 Å². The van der Waals surface area contributed by atoms with E-state index in [9.17, 15) is 9.18 Å². The van der Waals surface area contributed by atoms with Crippen molar-refractivity contribution < 1.29 is 18.3 Å². The average Bonchev–Trinajstić information content (AvgIpc) is 2.93. The highest BCUT2D eigenvalue weighted by Gasteiger charge is 2.09. The Bertz CT molecular complexity index is 552. The summed E-state index contributed by atoms with van der Waals surface area (Å²) in [4.78, 5) is 11.6. The molecule has 0 aliphatic rings. The topological polar surface area (TPSA) is 51.5 Å². The van der Waals surface area contributed by atoms with E-state index < -0.39 is 5.82 Å². The Kier molecular flexibility index (Phi) is 4.18. The normalized spacial score (nSPS) is 10.2. The second kappa shape index (κ2) is 6.04. The number of ether oxygens (including phenoxy) is 1. The number of hydrogen-bond donors (Lipinski definition) is 1. The summed E-state index contributed by atoms with van der Waals surface area (Å²) in [6, 6.07) is 7.79. The van der Waals surface area contributed by atoms with Crippen LogP contribution in [0.2, 0.25) is 0 Å². The SMILES string of the molecule is CCOc1ccc(CNC(=O)c2ccco2)cc1F. The maximum absolute atomic E-state index is 13.6. The molecule has 0 spiro atoms. The quantitative estimate of drug-likeness (QED) is 0.902. The summed E-state index contributed by atoms with van der Waals surface area (Å²) in [5.74, 6) is -0.332. The lowest BCUT2D eigenvalue weighted by atomic mass is 10.2. The monoisotopic (exact) mass is 263 g/mol. The van der Waals surface area contributed by atoms with Gasteiger partial charge in [0.25, 0.3) is 5.91 Å². The van der Waals surface area contributed by atoms with Crippen molar-refractivity contribution in [1.29, 1.82) is 0 Å². The van der Waals surface area contributed by atoms with Crippen LogP contribution in [0, 0.1) is 5.82 Å². The van der Waals surface area contributed by atoms with E-state index in [0.29, 0.717) is 12.2 Å². The Morgan fingerprint density at radius 1 is 1.42 bits per heavy atom. The van der Waals surface area contributed by atoms with Crippen LogP contribution in [0.5, 0.6) is 5.75 Å². The molecule has 0 saturated carbocycles. The van der Waals surface area contributed by atoms with Gasteiger partial charge in [0, 0.05) is 6.54 Å². The van der Waals surface area contributed by atoms with Gasteiger partial charge in [0.2, 0.25) is 0 Å². The summed E-state index contributed by atoms with van der Waals surface area (Å²) >= 11 is 0. The second-order valence-electron chi connectivity index (χ2n) is 3.86. The molecule has 0 atom stereocenters. The maximum atomic E-state index is 13.6. The lowest BCUT2D eigenvalue weighted by Crippen LogP contribution is -2.22. The molecule has 0 aliphatic carbocycles. The van der Waals surface area contributed by atoms with E-state index in [1.54, 1.807) is 31.2 Å². The molecule has 0 radical (unpaired) electrons. The zero-order chi connectivity index (χ0) is 13.7. The second-order valence-corrected chi connectivity index (χ2v) is 3.86. The summed E-state index contributed by atoms with van der Waals surface area (Å²) in [5.41, 5.74) is 0.654. The van der Waals surface area contributed by atoms with Crippen LogP contribution in [-0.4, -0.2) is 12.5 Å². The molecule has 0 bridgehead atoms. The van der Waals surface area contributed by atoms with Crippen molar-refractivity contribution in [3.8, 4) is 5.75 Å². The molecular weight excluding hydrogens is 249 g/mol. The number of benzene rings is 1. The molecule has 1 N–H and O–H groups in total. The Balaban J connectivity index is 1.96. The van der Waals surface area contributed by atoms with E-state index in [1.165, 1.54) is 12.3 Å². The van der Waals surface area contributed by atoms with E-state index in [0.717, 1.165) is 0 Å². The van der Waals surface area contributed by atoms with E-state index in [1.807, 2.05) is 0 Å². The number of carbonyl (C=O) groups is 1. The van der Waals surface area contributed by atoms with Gasteiger partial charge in [-0.25, -0.2) is 4.39 Å². The third-order valence-corrected chi connectivity index (χ3v) is 2.49. The summed E-state index contributed by atoms with van der Waals surface area (Å²) < 4.78 is 23.6. The third kappa shape index (κ3) is 3.34. The van der Waals surface area contributed by atoms with E-state index in [2.05, 4.69) is 5.32 Å². The average molecular weight is 263 g/mol. The first-order valence-corrected chi connectivity index (χ1v) is 5.93. The number of nitrogens with one attached hydrogen (secondary N) is 1. The fourth-order valence-electron chi connectivity index (χ4n) is 1.60. The van der Waals surface area contributed by atoms with Crippen molar-refractivity contribution in [3.05, 3.63) is 53.7 Å². The van der Waals surface area contributed by atoms with E-state index >= 15 is 0 Å². The van der Waals surface area contributed by atoms with Crippen molar-refractivity contribution in [3.63, 3.8) is 0 Å². The molecule has 0 aliphatic heterocycles. The lowest BCUT2D eigenvalue weighted by Gasteiger charge is -2.07. The highest BCUT2D eigenvalue weighted by atomic mass is 19.1. The van der Waals surface area contributed by atoms with Crippen molar-refractivity contribution >= 4 is 5.91 Å². The summed E-state index contributed by atoms with van der Waals surface area (Å²) in [6.07, 6.45) is 1.42. The molecule has 1 amide bonds. The van der Waals surface area contributed by atoms with Gasteiger partial charge in [-0.05, 0) is 36.8 Å². The standard InChI is InChI=1S/C14H14FNO3/c1-2-18-12-6-5-10(8-11(12)15)9-16-14(17)13-4-3-7-19-13/h3-8H,2,9H2,1H3,(H,16,17). The molecule has 1 aromatic heterocycles. The van der Waals surface area contributed by atoms with Gasteiger partial charge in [-0.1, -0.05) is 6.07 Å². The lowest BCUT2D eigenvalue weighted by molar-refractivity contribution is 0.0923. The fourth-order valence-corrected chi connectivity index (χ4v) is 1.60. The van der Waals surface area contributed by atoms with Crippen LogP contribution < -0.4 is 10.1 Å². The molecule has 5 heteroatoms. The molecule has 100 valence electrons. The Labute approximate surface area is 110 Å². The van der Waals surface area contributed by atoms with Gasteiger partial charge in [-0.2, -0.15) is 0 Å². The molecule has 2 rings (SSSR count). The van der Waals surface area contributed by atoms with Gasteiger partial charge in [0.05, 0.1) is 12.9 Å². The van der Waals surface area contributed by atoms with Gasteiger partial charge < -0.3 is 14.5 Å². The van der Waals surface area contributed by atoms with Crippen molar-refractivity contribution in [2.75, 3.05) is 6.61 Å². The van der Waals surface area contributed by atoms with Crippen LogP contribution in [-0.2, 0) is 6.54 Å². The van der Waals surface area contributed by atoms with Gasteiger partial charge in [-0.3, -0.25) is 4.79 Å². The number of rotatable bonds is 5. The zero-order valence-corrected chi connectivity index (χ0v) is 10.5. The third-order valence-electron chi connectivity index (χ3n) is 2.49. The molecule has 0 fully saturated rings. The summed E-state index contributed by atoms with van der Waals surface area (Å²) in [7, 11) is 0. The molecule has 2 aromatic rings. The smallest absolute Gasteiger partial charge is 0.287 e. The van der Waals surface area contributed by atoms with E-state index in [-0.39, 0.29) is 24.0 Å². The Morgan fingerprint density at radius 2 is 2.26 bits per heavy atom. The maximum Gasteiger partial charge on any atom is 0.287 e. The molecular formula is C14H14FNO3. The van der Waals surface area contributed by atoms with Crippen LogP contribution in [0.3, 0.4) is 0 Å². The van der Waals surface area contributed by atoms with Crippen LogP contribution in [0.1, 0.15) is 23.0 Å². The largest absolute Gasteiger partial charge is 0.491 e. The zero-order valence-electron chi connectivity index (χ0n) is 10.5. The minimum Gasteiger partial charge on any atom is -0.491 e. The highest BCUT2D eigenvalue weighted by Crippen LogP contribution is 2.18. The molecule has 19 heavy (non-hydrogen) atoms. The first-order valence-electron chi connectivity index (χ1n) is 5.93. The predicted octanol–water partition coefficient (Wildman–Crippen LogP) is 2.75. The first kappa shape index (κ1) is 13.1.